The number of aliphatic hydroxyl groups excluding tert-OH is 1. The maximum atomic E-state index is 9.23. The molecule has 2 heterocycles. The van der Waals surface area contributed by atoms with Gasteiger partial charge in [-0.15, -0.1) is 11.3 Å². The lowest BCUT2D eigenvalue weighted by Gasteiger charge is -2.35. The number of benzene rings is 1. The molecule has 0 saturated carbocycles. The molecule has 1 aromatic carbocycles. The van der Waals surface area contributed by atoms with E-state index < -0.39 is 0 Å². The van der Waals surface area contributed by atoms with Crippen LogP contribution in [0, 0.1) is 0 Å². The molecule has 1 aromatic heterocycles. The molecule has 0 spiro atoms. The first-order chi connectivity index (χ1) is 10.8. The van der Waals surface area contributed by atoms with Crippen molar-refractivity contribution >= 4 is 11.3 Å². The summed E-state index contributed by atoms with van der Waals surface area (Å²) >= 11 is 1.76. The first-order valence-corrected chi connectivity index (χ1v) is 9.05. The first-order valence-electron chi connectivity index (χ1n) is 8.17. The van der Waals surface area contributed by atoms with E-state index in [0.29, 0.717) is 6.04 Å². The number of rotatable bonds is 6. The van der Waals surface area contributed by atoms with E-state index in [4.69, 9.17) is 4.98 Å². The molecule has 3 nitrogen and oxygen atoms in total. The van der Waals surface area contributed by atoms with Gasteiger partial charge in [-0.2, -0.15) is 0 Å². The molecule has 4 heteroatoms. The van der Waals surface area contributed by atoms with Gasteiger partial charge < -0.3 is 5.11 Å². The Morgan fingerprint density at radius 2 is 2.09 bits per heavy atom. The van der Waals surface area contributed by atoms with E-state index in [9.17, 15) is 5.11 Å². The number of aliphatic hydroxyl groups is 1. The highest BCUT2D eigenvalue weighted by Gasteiger charge is 2.22. The smallest absolute Gasteiger partial charge is 0.0972 e. The van der Waals surface area contributed by atoms with Crippen LogP contribution >= 0.6 is 11.3 Å². The average molecular weight is 316 g/mol. The van der Waals surface area contributed by atoms with Crippen molar-refractivity contribution in [3.8, 4) is 0 Å². The SMILES string of the molecule is OCCC1CCCCN1Cc1csc(Cc2ccccc2)n1. The molecule has 1 unspecified atom stereocenters. The zero-order valence-electron chi connectivity index (χ0n) is 12.9. The molecule has 1 aliphatic rings. The van der Waals surface area contributed by atoms with Gasteiger partial charge in [0.15, 0.2) is 0 Å². The molecular formula is C18H24N2OS. The highest BCUT2D eigenvalue weighted by molar-refractivity contribution is 7.09. The molecule has 1 fully saturated rings. The van der Waals surface area contributed by atoms with Crippen LogP contribution in [-0.2, 0) is 13.0 Å². The molecule has 1 atom stereocenters. The summed E-state index contributed by atoms with van der Waals surface area (Å²) in [5, 5.41) is 12.6. The molecule has 22 heavy (non-hydrogen) atoms. The number of hydrogen-bond acceptors (Lipinski definition) is 4. The maximum absolute atomic E-state index is 9.23. The molecule has 1 aliphatic heterocycles. The van der Waals surface area contributed by atoms with Crippen LogP contribution in [0.5, 0.6) is 0 Å². The number of likely N-dealkylation sites (tertiary alicyclic amines) is 1. The zero-order valence-corrected chi connectivity index (χ0v) is 13.8. The van der Waals surface area contributed by atoms with Crippen molar-refractivity contribution in [2.45, 2.75) is 44.7 Å². The fourth-order valence-electron chi connectivity index (χ4n) is 3.23. The lowest BCUT2D eigenvalue weighted by Crippen LogP contribution is -2.39. The second-order valence-electron chi connectivity index (χ2n) is 6.03. The molecule has 0 bridgehead atoms. The van der Waals surface area contributed by atoms with E-state index in [-0.39, 0.29) is 6.61 Å². The fourth-order valence-corrected chi connectivity index (χ4v) is 4.04. The summed E-state index contributed by atoms with van der Waals surface area (Å²) in [5.41, 5.74) is 2.50. The van der Waals surface area contributed by atoms with Crippen molar-refractivity contribution in [1.29, 1.82) is 0 Å². The largest absolute Gasteiger partial charge is 0.396 e. The topological polar surface area (TPSA) is 36.4 Å². The molecule has 0 aliphatic carbocycles. The first kappa shape index (κ1) is 15.7. The molecule has 118 valence electrons. The van der Waals surface area contributed by atoms with Gasteiger partial charge in [0.05, 0.1) is 10.7 Å². The number of thiazole rings is 1. The van der Waals surface area contributed by atoms with E-state index in [2.05, 4.69) is 40.6 Å². The van der Waals surface area contributed by atoms with Gasteiger partial charge in [0.25, 0.3) is 0 Å². The van der Waals surface area contributed by atoms with E-state index >= 15 is 0 Å². The van der Waals surface area contributed by atoms with Crippen molar-refractivity contribution in [3.05, 3.63) is 52.0 Å². The highest BCUT2D eigenvalue weighted by Crippen LogP contribution is 2.23. The van der Waals surface area contributed by atoms with Crippen molar-refractivity contribution in [3.63, 3.8) is 0 Å². The minimum absolute atomic E-state index is 0.289. The number of aromatic nitrogens is 1. The molecule has 0 amide bonds. The van der Waals surface area contributed by atoms with Gasteiger partial charge in [-0.25, -0.2) is 4.98 Å². The third-order valence-corrected chi connectivity index (χ3v) is 5.27. The summed E-state index contributed by atoms with van der Waals surface area (Å²) in [6, 6.07) is 11.0. The van der Waals surface area contributed by atoms with Crippen molar-refractivity contribution in [1.82, 2.24) is 9.88 Å². The minimum atomic E-state index is 0.289. The van der Waals surface area contributed by atoms with Crippen LogP contribution in [-0.4, -0.2) is 34.2 Å². The van der Waals surface area contributed by atoms with Gasteiger partial charge in [0.1, 0.15) is 0 Å². The van der Waals surface area contributed by atoms with Crippen LogP contribution in [0.25, 0.3) is 0 Å². The predicted octanol–water partition coefficient (Wildman–Crippen LogP) is 3.47. The van der Waals surface area contributed by atoms with E-state index in [0.717, 1.165) is 25.9 Å². The quantitative estimate of drug-likeness (QED) is 0.886. The van der Waals surface area contributed by atoms with Crippen LogP contribution in [0.15, 0.2) is 35.7 Å². The second-order valence-corrected chi connectivity index (χ2v) is 6.97. The Morgan fingerprint density at radius 3 is 2.91 bits per heavy atom. The zero-order chi connectivity index (χ0) is 15.2. The summed E-state index contributed by atoms with van der Waals surface area (Å²) in [6.45, 7) is 2.35. The Bertz CT molecular complexity index is 567. The summed E-state index contributed by atoms with van der Waals surface area (Å²) in [4.78, 5) is 7.31. The summed E-state index contributed by atoms with van der Waals surface area (Å²) in [5.74, 6) is 0. The normalized spacial score (nSPS) is 19.4. The monoisotopic (exact) mass is 316 g/mol. The van der Waals surface area contributed by atoms with Crippen LogP contribution < -0.4 is 0 Å². The van der Waals surface area contributed by atoms with Gasteiger partial charge in [-0.05, 0) is 31.4 Å². The lowest BCUT2D eigenvalue weighted by atomic mass is 9.99. The minimum Gasteiger partial charge on any atom is -0.396 e. The number of hydrogen-bond donors (Lipinski definition) is 1. The number of nitrogens with zero attached hydrogens (tertiary/aromatic N) is 2. The van der Waals surface area contributed by atoms with E-state index in [1.165, 1.54) is 35.5 Å². The lowest BCUT2D eigenvalue weighted by molar-refractivity contribution is 0.111. The van der Waals surface area contributed by atoms with Crippen molar-refractivity contribution in [2.75, 3.05) is 13.2 Å². The number of piperidine rings is 1. The molecular weight excluding hydrogens is 292 g/mol. The fraction of sp³-hybridized carbons (Fsp3) is 0.500. The Morgan fingerprint density at radius 1 is 1.23 bits per heavy atom. The summed E-state index contributed by atoms with van der Waals surface area (Å²) in [7, 11) is 0. The molecule has 1 saturated heterocycles. The van der Waals surface area contributed by atoms with Crippen LogP contribution in [0.2, 0.25) is 0 Å². The van der Waals surface area contributed by atoms with Crippen molar-refractivity contribution in [2.24, 2.45) is 0 Å². The van der Waals surface area contributed by atoms with Gasteiger partial charge in [-0.3, -0.25) is 4.90 Å². The molecule has 1 N–H and O–H groups in total. The van der Waals surface area contributed by atoms with Gasteiger partial charge in [-0.1, -0.05) is 36.8 Å². The second kappa shape index (κ2) is 7.86. The summed E-state index contributed by atoms with van der Waals surface area (Å²) < 4.78 is 0. The van der Waals surface area contributed by atoms with E-state index in [1.807, 2.05) is 0 Å². The van der Waals surface area contributed by atoms with Gasteiger partial charge >= 0.3 is 0 Å². The third kappa shape index (κ3) is 4.15. The Kier molecular flexibility index (Phi) is 5.59. The molecule has 0 radical (unpaired) electrons. The van der Waals surface area contributed by atoms with E-state index in [1.54, 1.807) is 11.3 Å². The third-order valence-electron chi connectivity index (χ3n) is 4.37. The molecule has 3 rings (SSSR count). The van der Waals surface area contributed by atoms with Crippen LogP contribution in [0.3, 0.4) is 0 Å². The average Bonchev–Trinajstić information content (AvgIpc) is 2.98. The standard InChI is InChI=1S/C18H24N2OS/c21-11-9-17-8-4-5-10-20(17)13-16-14-22-18(19-16)12-15-6-2-1-3-7-15/h1-3,6-7,14,17,21H,4-5,8-13H2. The van der Waals surface area contributed by atoms with Crippen LogP contribution in [0.4, 0.5) is 0 Å². The Labute approximate surface area is 136 Å². The van der Waals surface area contributed by atoms with Crippen molar-refractivity contribution < 1.29 is 5.11 Å². The Hall–Kier alpha value is -1.23. The molecule has 2 aromatic rings. The highest BCUT2D eigenvalue weighted by atomic mass is 32.1. The maximum Gasteiger partial charge on any atom is 0.0972 e. The van der Waals surface area contributed by atoms with Gasteiger partial charge in [0.2, 0.25) is 0 Å². The van der Waals surface area contributed by atoms with Crippen LogP contribution in [0.1, 0.15) is 41.9 Å². The van der Waals surface area contributed by atoms with Gasteiger partial charge in [0, 0.05) is 31.0 Å². The predicted molar refractivity (Wildman–Crippen MR) is 91.1 cm³/mol. The Balaban J connectivity index is 1.61. The summed E-state index contributed by atoms with van der Waals surface area (Å²) in [6.07, 6.45) is 5.58.